The first-order valence-electron chi connectivity index (χ1n) is 6.08. The van der Waals surface area contributed by atoms with Gasteiger partial charge < -0.3 is 15.2 Å². The zero-order valence-electron chi connectivity index (χ0n) is 10.8. The van der Waals surface area contributed by atoms with Crippen LogP contribution in [0.25, 0.3) is 0 Å². The average Bonchev–Trinajstić information content (AvgIpc) is 2.28. The first kappa shape index (κ1) is 12.4. The molecule has 1 aromatic rings. The van der Waals surface area contributed by atoms with Crippen molar-refractivity contribution in [1.82, 2.24) is 0 Å². The first-order valence-corrected chi connectivity index (χ1v) is 6.08. The van der Waals surface area contributed by atoms with Crippen LogP contribution in [0.3, 0.4) is 0 Å². The van der Waals surface area contributed by atoms with Crippen LogP contribution in [0.5, 0.6) is 5.75 Å². The predicted molar refractivity (Wildman–Crippen MR) is 68.3 cm³/mol. The zero-order chi connectivity index (χ0) is 12.5. The fourth-order valence-electron chi connectivity index (χ4n) is 2.55. The molecule has 1 aromatic carbocycles. The normalized spacial score (nSPS) is 19.5. The lowest BCUT2D eigenvalue weighted by Gasteiger charge is -2.45. The number of aryl methyl sites for hydroxylation is 1. The Labute approximate surface area is 103 Å². The van der Waals surface area contributed by atoms with E-state index in [-0.39, 0.29) is 11.6 Å². The molecule has 1 saturated carbocycles. The summed E-state index contributed by atoms with van der Waals surface area (Å²) >= 11 is 0. The Hall–Kier alpha value is -1.06. The van der Waals surface area contributed by atoms with Gasteiger partial charge in [0.25, 0.3) is 0 Å². The highest BCUT2D eigenvalue weighted by Crippen LogP contribution is 2.45. The van der Waals surface area contributed by atoms with Crippen molar-refractivity contribution < 1.29 is 9.47 Å². The highest BCUT2D eigenvalue weighted by atomic mass is 16.5. The second-order valence-electron chi connectivity index (χ2n) is 4.85. The molecule has 3 nitrogen and oxygen atoms in total. The summed E-state index contributed by atoms with van der Waals surface area (Å²) in [4.78, 5) is 0. The van der Waals surface area contributed by atoms with E-state index in [1.807, 2.05) is 12.1 Å². The van der Waals surface area contributed by atoms with E-state index in [0.717, 1.165) is 24.2 Å². The minimum Gasteiger partial charge on any atom is -0.496 e. The van der Waals surface area contributed by atoms with Crippen molar-refractivity contribution in [2.45, 2.75) is 37.8 Å². The molecule has 3 heteroatoms. The predicted octanol–water partition coefficient (Wildman–Crippen LogP) is 2.57. The molecule has 0 aromatic heterocycles. The smallest absolute Gasteiger partial charge is 0.123 e. The maximum Gasteiger partial charge on any atom is 0.123 e. The summed E-state index contributed by atoms with van der Waals surface area (Å²) in [6.07, 6.45) is 3.25. The Morgan fingerprint density at radius 1 is 1.29 bits per heavy atom. The highest BCUT2D eigenvalue weighted by Gasteiger charge is 2.44. The van der Waals surface area contributed by atoms with E-state index < -0.39 is 0 Å². The van der Waals surface area contributed by atoms with Crippen LogP contribution in [0.15, 0.2) is 18.2 Å². The summed E-state index contributed by atoms with van der Waals surface area (Å²) in [6.45, 7) is 2.07. The van der Waals surface area contributed by atoms with Crippen LogP contribution in [-0.2, 0) is 4.74 Å². The number of benzene rings is 1. The van der Waals surface area contributed by atoms with Crippen LogP contribution in [0.1, 0.15) is 36.4 Å². The lowest BCUT2D eigenvalue weighted by Crippen LogP contribution is -2.48. The number of ether oxygens (including phenoxy) is 2. The maximum absolute atomic E-state index is 6.39. The molecule has 2 N–H and O–H groups in total. The van der Waals surface area contributed by atoms with E-state index in [1.54, 1.807) is 14.2 Å². The molecule has 0 amide bonds. The fraction of sp³-hybridized carbons (Fsp3) is 0.571. The Kier molecular flexibility index (Phi) is 3.40. The summed E-state index contributed by atoms with van der Waals surface area (Å²) in [5, 5.41) is 0. The second kappa shape index (κ2) is 4.67. The van der Waals surface area contributed by atoms with Crippen molar-refractivity contribution in [2.75, 3.05) is 14.2 Å². The van der Waals surface area contributed by atoms with Gasteiger partial charge in [0.15, 0.2) is 0 Å². The summed E-state index contributed by atoms with van der Waals surface area (Å²) in [7, 11) is 3.43. The molecule has 0 spiro atoms. The van der Waals surface area contributed by atoms with Gasteiger partial charge in [-0.1, -0.05) is 17.7 Å². The van der Waals surface area contributed by atoms with E-state index in [2.05, 4.69) is 13.0 Å². The van der Waals surface area contributed by atoms with Crippen LogP contribution >= 0.6 is 0 Å². The van der Waals surface area contributed by atoms with E-state index in [1.165, 1.54) is 12.0 Å². The minimum atomic E-state index is -0.193. The molecular formula is C14H21NO2. The van der Waals surface area contributed by atoms with E-state index in [4.69, 9.17) is 15.2 Å². The van der Waals surface area contributed by atoms with E-state index in [0.29, 0.717) is 0 Å². The van der Waals surface area contributed by atoms with Gasteiger partial charge in [-0.25, -0.2) is 0 Å². The molecular weight excluding hydrogens is 214 g/mol. The average molecular weight is 235 g/mol. The standard InChI is InChI=1S/C14H21NO2/c1-10-5-6-12(16-2)11(9-10)13(15)14(17-3)7-4-8-14/h5-6,9,13H,4,7-8,15H2,1-3H3. The third-order valence-electron chi connectivity index (χ3n) is 3.89. The third kappa shape index (κ3) is 2.05. The zero-order valence-corrected chi connectivity index (χ0v) is 10.8. The van der Waals surface area contributed by atoms with Gasteiger partial charge in [-0.3, -0.25) is 0 Å². The van der Waals surface area contributed by atoms with Crippen molar-refractivity contribution in [3.63, 3.8) is 0 Å². The lowest BCUT2D eigenvalue weighted by atomic mass is 9.72. The molecule has 0 radical (unpaired) electrons. The molecule has 0 saturated heterocycles. The molecule has 0 aliphatic heterocycles. The van der Waals surface area contributed by atoms with Crippen LogP contribution in [-0.4, -0.2) is 19.8 Å². The third-order valence-corrected chi connectivity index (χ3v) is 3.89. The molecule has 0 bridgehead atoms. The number of methoxy groups -OCH3 is 2. The monoisotopic (exact) mass is 235 g/mol. The molecule has 1 atom stereocenters. The van der Waals surface area contributed by atoms with Crippen molar-refractivity contribution in [2.24, 2.45) is 5.73 Å². The topological polar surface area (TPSA) is 44.5 Å². The van der Waals surface area contributed by atoms with Crippen LogP contribution in [0.2, 0.25) is 0 Å². The highest BCUT2D eigenvalue weighted by molar-refractivity contribution is 5.40. The van der Waals surface area contributed by atoms with Gasteiger partial charge in [0.2, 0.25) is 0 Å². The molecule has 2 rings (SSSR count). The fourth-order valence-corrected chi connectivity index (χ4v) is 2.55. The second-order valence-corrected chi connectivity index (χ2v) is 4.85. The molecule has 1 unspecified atom stereocenters. The van der Waals surface area contributed by atoms with Crippen LogP contribution in [0.4, 0.5) is 0 Å². The number of hydrogen-bond donors (Lipinski definition) is 1. The first-order chi connectivity index (χ1) is 8.13. The molecule has 94 valence electrons. The Bertz CT molecular complexity index is 394. The maximum atomic E-state index is 6.39. The summed E-state index contributed by atoms with van der Waals surface area (Å²) < 4.78 is 11.0. The minimum absolute atomic E-state index is 0.115. The van der Waals surface area contributed by atoms with Crippen molar-refractivity contribution in [3.8, 4) is 5.75 Å². The SMILES string of the molecule is COc1ccc(C)cc1C(N)C1(OC)CCC1. The van der Waals surface area contributed by atoms with Gasteiger partial charge in [0, 0.05) is 12.7 Å². The van der Waals surface area contributed by atoms with E-state index in [9.17, 15) is 0 Å². The Balaban J connectivity index is 2.35. The molecule has 17 heavy (non-hydrogen) atoms. The Morgan fingerprint density at radius 3 is 2.47 bits per heavy atom. The van der Waals surface area contributed by atoms with Gasteiger partial charge in [-0.2, -0.15) is 0 Å². The van der Waals surface area contributed by atoms with Crippen molar-refractivity contribution >= 4 is 0 Å². The summed E-state index contributed by atoms with van der Waals surface area (Å²) in [6, 6.07) is 6.00. The van der Waals surface area contributed by atoms with Crippen LogP contribution in [0, 0.1) is 6.92 Å². The number of rotatable bonds is 4. The summed E-state index contributed by atoms with van der Waals surface area (Å²) in [5.74, 6) is 0.853. The molecule has 1 fully saturated rings. The molecule has 0 heterocycles. The van der Waals surface area contributed by atoms with Gasteiger partial charge in [0.05, 0.1) is 18.8 Å². The largest absolute Gasteiger partial charge is 0.496 e. The summed E-state index contributed by atoms with van der Waals surface area (Å²) in [5.41, 5.74) is 8.44. The van der Waals surface area contributed by atoms with Gasteiger partial charge >= 0.3 is 0 Å². The molecule has 1 aliphatic carbocycles. The quantitative estimate of drug-likeness (QED) is 0.872. The van der Waals surface area contributed by atoms with Gasteiger partial charge in [-0.15, -0.1) is 0 Å². The molecule has 1 aliphatic rings. The number of nitrogens with two attached hydrogens (primary N) is 1. The van der Waals surface area contributed by atoms with Crippen LogP contribution < -0.4 is 10.5 Å². The van der Waals surface area contributed by atoms with Gasteiger partial charge in [0.1, 0.15) is 5.75 Å². The number of hydrogen-bond acceptors (Lipinski definition) is 3. The van der Waals surface area contributed by atoms with Crippen molar-refractivity contribution in [3.05, 3.63) is 29.3 Å². The lowest BCUT2D eigenvalue weighted by molar-refractivity contribution is -0.0915. The Morgan fingerprint density at radius 2 is 2.00 bits per heavy atom. The van der Waals surface area contributed by atoms with Crippen molar-refractivity contribution in [1.29, 1.82) is 0 Å². The van der Waals surface area contributed by atoms with E-state index >= 15 is 0 Å². The van der Waals surface area contributed by atoms with Gasteiger partial charge in [-0.05, 0) is 32.3 Å².